The predicted octanol–water partition coefficient (Wildman–Crippen LogP) is 4.48. The Bertz CT molecular complexity index is 424. The zero-order chi connectivity index (χ0) is 13.8. The largest absolute Gasteiger partial charge is 0.296 e. The molecule has 1 aliphatic carbocycles. The third-order valence-electron chi connectivity index (χ3n) is 4.26. The average Bonchev–Trinajstić information content (AvgIpc) is 2.85. The molecule has 106 valence electrons. The molecule has 0 saturated heterocycles. The molecule has 0 radical (unpaired) electrons. The number of hydrogen-bond donors (Lipinski definition) is 0. The van der Waals surface area contributed by atoms with E-state index in [4.69, 9.17) is 11.6 Å². The highest BCUT2D eigenvalue weighted by Gasteiger charge is 2.24. The molecular formula is C15H22ClNOS. The van der Waals surface area contributed by atoms with Gasteiger partial charge in [0.1, 0.15) is 0 Å². The van der Waals surface area contributed by atoms with Crippen molar-refractivity contribution in [2.75, 3.05) is 13.6 Å². The average molecular weight is 300 g/mol. The normalized spacial score (nSPS) is 23.8. The lowest BCUT2D eigenvalue weighted by atomic mass is 9.84. The molecule has 0 amide bonds. The first-order valence-corrected chi connectivity index (χ1v) is 8.28. The van der Waals surface area contributed by atoms with Gasteiger partial charge in [0.2, 0.25) is 0 Å². The van der Waals surface area contributed by atoms with Crippen molar-refractivity contribution in [1.29, 1.82) is 0 Å². The second kappa shape index (κ2) is 6.87. The van der Waals surface area contributed by atoms with Crippen LogP contribution in [0.5, 0.6) is 0 Å². The Morgan fingerprint density at radius 1 is 1.37 bits per heavy atom. The number of ketones is 1. The van der Waals surface area contributed by atoms with E-state index in [2.05, 4.69) is 18.9 Å². The second-order valence-electron chi connectivity index (χ2n) is 5.52. The van der Waals surface area contributed by atoms with Gasteiger partial charge in [-0.25, -0.2) is 0 Å². The van der Waals surface area contributed by atoms with Gasteiger partial charge >= 0.3 is 0 Å². The summed E-state index contributed by atoms with van der Waals surface area (Å²) in [7, 11) is 2.07. The molecule has 1 aromatic heterocycles. The maximum atomic E-state index is 12.1. The van der Waals surface area contributed by atoms with Crippen molar-refractivity contribution >= 4 is 28.7 Å². The fraction of sp³-hybridized carbons (Fsp3) is 0.667. The van der Waals surface area contributed by atoms with E-state index in [0.29, 0.717) is 16.9 Å². The van der Waals surface area contributed by atoms with Crippen LogP contribution in [0, 0.1) is 5.92 Å². The van der Waals surface area contributed by atoms with Crippen molar-refractivity contribution in [3.8, 4) is 0 Å². The summed E-state index contributed by atoms with van der Waals surface area (Å²) in [6, 6.07) is 4.20. The van der Waals surface area contributed by atoms with Gasteiger partial charge in [0, 0.05) is 6.04 Å². The Balaban J connectivity index is 1.84. The van der Waals surface area contributed by atoms with Crippen LogP contribution in [0.1, 0.15) is 48.7 Å². The van der Waals surface area contributed by atoms with E-state index in [9.17, 15) is 4.79 Å². The number of carbonyl (C=O) groups is 1. The number of Topliss-reactive ketones (excluding diaryl/α,β-unsaturated/α-hetero) is 1. The van der Waals surface area contributed by atoms with Crippen LogP contribution in [0.2, 0.25) is 4.34 Å². The summed E-state index contributed by atoms with van der Waals surface area (Å²) in [5.74, 6) is 1.09. The Morgan fingerprint density at radius 3 is 2.58 bits per heavy atom. The van der Waals surface area contributed by atoms with Gasteiger partial charge in [-0.05, 0) is 50.8 Å². The topological polar surface area (TPSA) is 20.3 Å². The van der Waals surface area contributed by atoms with E-state index in [1.165, 1.54) is 43.4 Å². The van der Waals surface area contributed by atoms with Gasteiger partial charge in [-0.1, -0.05) is 24.9 Å². The van der Waals surface area contributed by atoms with Gasteiger partial charge in [-0.3, -0.25) is 9.69 Å². The molecule has 1 saturated carbocycles. The summed E-state index contributed by atoms with van der Waals surface area (Å²) in [4.78, 5) is 15.1. The first-order valence-electron chi connectivity index (χ1n) is 7.09. The smallest absolute Gasteiger partial charge is 0.186 e. The minimum Gasteiger partial charge on any atom is -0.296 e. The Kier molecular flexibility index (Phi) is 5.43. The van der Waals surface area contributed by atoms with Crippen molar-refractivity contribution in [2.45, 2.75) is 45.1 Å². The standard InChI is InChI=1S/C15H22ClNOS/c1-3-11-4-6-12(7-5-11)17(2)10-13(18)14-8-9-15(16)19-14/h8-9,11-12H,3-7,10H2,1-2H3. The number of rotatable bonds is 5. The molecule has 19 heavy (non-hydrogen) atoms. The van der Waals surface area contributed by atoms with Crippen molar-refractivity contribution < 1.29 is 4.79 Å². The van der Waals surface area contributed by atoms with E-state index in [1.54, 1.807) is 6.07 Å². The van der Waals surface area contributed by atoms with Gasteiger partial charge in [0.15, 0.2) is 5.78 Å². The fourth-order valence-corrected chi connectivity index (χ4v) is 3.86. The van der Waals surface area contributed by atoms with Gasteiger partial charge in [-0.2, -0.15) is 0 Å². The number of hydrogen-bond acceptors (Lipinski definition) is 3. The first kappa shape index (κ1) is 15.0. The summed E-state index contributed by atoms with van der Waals surface area (Å²) in [5.41, 5.74) is 0. The molecule has 0 atom stereocenters. The Hall–Kier alpha value is -0.380. The molecule has 1 aliphatic rings. The molecule has 0 aliphatic heterocycles. The lowest BCUT2D eigenvalue weighted by Gasteiger charge is -2.34. The number of halogens is 1. The van der Waals surface area contributed by atoms with Crippen LogP contribution in [-0.2, 0) is 0 Å². The molecule has 0 N–H and O–H groups in total. The van der Waals surface area contributed by atoms with Crippen molar-refractivity contribution in [2.24, 2.45) is 5.92 Å². The summed E-state index contributed by atoms with van der Waals surface area (Å²) in [6.07, 6.45) is 6.37. The summed E-state index contributed by atoms with van der Waals surface area (Å²) in [6.45, 7) is 2.79. The van der Waals surface area contributed by atoms with Crippen LogP contribution in [0.25, 0.3) is 0 Å². The molecule has 1 fully saturated rings. The highest BCUT2D eigenvalue weighted by molar-refractivity contribution is 7.18. The maximum absolute atomic E-state index is 12.1. The van der Waals surface area contributed by atoms with Gasteiger partial charge in [0.05, 0.1) is 15.8 Å². The van der Waals surface area contributed by atoms with Crippen LogP contribution in [0.4, 0.5) is 0 Å². The molecule has 0 spiro atoms. The lowest BCUT2D eigenvalue weighted by Crippen LogP contribution is -2.38. The van der Waals surface area contributed by atoms with Crippen molar-refractivity contribution in [1.82, 2.24) is 4.90 Å². The predicted molar refractivity (Wildman–Crippen MR) is 82.3 cm³/mol. The zero-order valence-corrected chi connectivity index (χ0v) is 13.3. The number of carbonyl (C=O) groups excluding carboxylic acids is 1. The van der Waals surface area contributed by atoms with Crippen LogP contribution >= 0.6 is 22.9 Å². The highest BCUT2D eigenvalue weighted by Crippen LogP contribution is 2.29. The van der Waals surface area contributed by atoms with Gasteiger partial charge in [-0.15, -0.1) is 11.3 Å². The highest BCUT2D eigenvalue weighted by atomic mass is 35.5. The molecule has 0 bridgehead atoms. The van der Waals surface area contributed by atoms with E-state index < -0.39 is 0 Å². The summed E-state index contributed by atoms with van der Waals surface area (Å²) < 4.78 is 0.689. The van der Waals surface area contributed by atoms with Crippen molar-refractivity contribution in [3.63, 3.8) is 0 Å². The molecule has 4 heteroatoms. The van der Waals surface area contributed by atoms with Gasteiger partial charge in [0.25, 0.3) is 0 Å². The maximum Gasteiger partial charge on any atom is 0.186 e. The number of nitrogens with zero attached hydrogens (tertiary/aromatic N) is 1. The third-order valence-corrected chi connectivity index (χ3v) is 5.53. The van der Waals surface area contributed by atoms with Crippen molar-refractivity contribution in [3.05, 3.63) is 21.3 Å². The fourth-order valence-electron chi connectivity index (χ4n) is 2.89. The monoisotopic (exact) mass is 299 g/mol. The molecular weight excluding hydrogens is 278 g/mol. The summed E-state index contributed by atoms with van der Waals surface area (Å²) >= 11 is 7.25. The van der Waals surface area contributed by atoms with Gasteiger partial charge < -0.3 is 0 Å². The van der Waals surface area contributed by atoms with Crippen LogP contribution in [0.3, 0.4) is 0 Å². The second-order valence-corrected chi connectivity index (χ2v) is 7.24. The lowest BCUT2D eigenvalue weighted by molar-refractivity contribution is 0.0889. The molecule has 1 heterocycles. The minimum atomic E-state index is 0.192. The van der Waals surface area contributed by atoms with Crippen LogP contribution in [-0.4, -0.2) is 30.3 Å². The van der Waals surface area contributed by atoms with E-state index >= 15 is 0 Å². The number of likely N-dealkylation sites (N-methyl/N-ethyl adjacent to an activating group) is 1. The quantitative estimate of drug-likeness (QED) is 0.747. The molecule has 0 unspecified atom stereocenters. The molecule has 2 rings (SSSR count). The SMILES string of the molecule is CCC1CCC(N(C)CC(=O)c2ccc(Cl)s2)CC1. The Labute approximate surface area is 124 Å². The molecule has 2 nitrogen and oxygen atoms in total. The molecule has 0 aromatic carbocycles. The minimum absolute atomic E-state index is 0.192. The van der Waals surface area contributed by atoms with E-state index in [-0.39, 0.29) is 5.78 Å². The zero-order valence-electron chi connectivity index (χ0n) is 11.7. The Morgan fingerprint density at radius 2 is 2.05 bits per heavy atom. The third kappa shape index (κ3) is 4.04. The van der Waals surface area contributed by atoms with Crippen LogP contribution in [0.15, 0.2) is 12.1 Å². The first-order chi connectivity index (χ1) is 9.10. The molecule has 1 aromatic rings. The summed E-state index contributed by atoms with van der Waals surface area (Å²) in [5, 5.41) is 0. The van der Waals surface area contributed by atoms with Crippen LogP contribution < -0.4 is 0 Å². The van der Waals surface area contributed by atoms with E-state index in [0.717, 1.165) is 10.8 Å². The van der Waals surface area contributed by atoms with E-state index in [1.807, 2.05) is 6.07 Å². The number of thiophene rings is 1.